The van der Waals surface area contributed by atoms with E-state index in [1.165, 1.54) is 17.5 Å². The van der Waals surface area contributed by atoms with Crippen LogP contribution in [0, 0.1) is 0 Å². The molecule has 1 aliphatic heterocycles. The van der Waals surface area contributed by atoms with Crippen molar-refractivity contribution in [3.8, 4) is 0 Å². The van der Waals surface area contributed by atoms with Crippen molar-refractivity contribution in [1.82, 2.24) is 10.2 Å². The molecule has 1 N–H and O–H groups in total. The molecule has 108 valence electrons. The van der Waals surface area contributed by atoms with E-state index in [-0.39, 0.29) is 12.0 Å². The number of rotatable bonds is 3. The minimum Gasteiger partial charge on any atom is -0.374 e. The van der Waals surface area contributed by atoms with Crippen LogP contribution in [0.3, 0.4) is 0 Å². The Morgan fingerprint density at radius 1 is 1.40 bits per heavy atom. The van der Waals surface area contributed by atoms with E-state index in [1.807, 2.05) is 12.1 Å². The van der Waals surface area contributed by atoms with E-state index in [4.69, 9.17) is 4.74 Å². The number of amides is 1. The van der Waals surface area contributed by atoms with Crippen molar-refractivity contribution in [3.05, 3.63) is 34.9 Å². The first-order valence-corrected chi connectivity index (χ1v) is 7.42. The van der Waals surface area contributed by atoms with Gasteiger partial charge >= 0.3 is 0 Å². The number of carbonyl (C=O) groups is 1. The molecule has 1 amide bonds. The molecule has 20 heavy (non-hydrogen) atoms. The maximum atomic E-state index is 12.2. The van der Waals surface area contributed by atoms with Crippen molar-refractivity contribution in [2.75, 3.05) is 33.3 Å². The fourth-order valence-corrected chi connectivity index (χ4v) is 3.01. The largest absolute Gasteiger partial charge is 0.374 e. The highest BCUT2D eigenvalue weighted by Crippen LogP contribution is 2.22. The third-order valence-electron chi connectivity index (χ3n) is 4.19. The average Bonchev–Trinajstić information content (AvgIpc) is 2.92. The molecule has 1 aliphatic carbocycles. The van der Waals surface area contributed by atoms with Crippen LogP contribution >= 0.6 is 0 Å². The third kappa shape index (κ3) is 3.02. The van der Waals surface area contributed by atoms with E-state index in [0.717, 1.165) is 38.1 Å². The first-order chi connectivity index (χ1) is 9.72. The molecule has 0 bridgehead atoms. The number of likely N-dealkylation sites (N-methyl/N-ethyl adjacent to an activating group) is 1. The maximum absolute atomic E-state index is 12.2. The lowest BCUT2D eigenvalue weighted by molar-refractivity contribution is -0.0175. The molecule has 1 fully saturated rings. The van der Waals surface area contributed by atoms with E-state index < -0.39 is 0 Å². The summed E-state index contributed by atoms with van der Waals surface area (Å²) in [4.78, 5) is 14.4. The van der Waals surface area contributed by atoms with Gasteiger partial charge < -0.3 is 15.0 Å². The van der Waals surface area contributed by atoms with Crippen LogP contribution in [0.5, 0.6) is 0 Å². The van der Waals surface area contributed by atoms with Crippen LogP contribution < -0.4 is 5.32 Å². The monoisotopic (exact) mass is 274 g/mol. The summed E-state index contributed by atoms with van der Waals surface area (Å²) in [6, 6.07) is 6.08. The minimum absolute atomic E-state index is 0.0107. The molecular formula is C16H22N2O2. The van der Waals surface area contributed by atoms with E-state index in [2.05, 4.69) is 23.3 Å². The van der Waals surface area contributed by atoms with Crippen LogP contribution in [0.1, 0.15) is 27.9 Å². The van der Waals surface area contributed by atoms with Gasteiger partial charge in [-0.15, -0.1) is 0 Å². The molecule has 0 aromatic heterocycles. The van der Waals surface area contributed by atoms with Gasteiger partial charge in [0.15, 0.2) is 0 Å². The van der Waals surface area contributed by atoms with E-state index in [1.54, 1.807) is 0 Å². The Morgan fingerprint density at radius 2 is 2.25 bits per heavy atom. The average molecular weight is 274 g/mol. The Bertz CT molecular complexity index is 501. The molecule has 1 aromatic rings. The van der Waals surface area contributed by atoms with E-state index >= 15 is 0 Å². The van der Waals surface area contributed by atoms with E-state index in [9.17, 15) is 4.79 Å². The zero-order valence-electron chi connectivity index (χ0n) is 12.0. The van der Waals surface area contributed by atoms with Crippen molar-refractivity contribution in [3.63, 3.8) is 0 Å². The fraction of sp³-hybridized carbons (Fsp3) is 0.562. The third-order valence-corrected chi connectivity index (χ3v) is 4.19. The second-order valence-corrected chi connectivity index (χ2v) is 5.80. The number of fused-ring (bicyclic) bond motifs is 1. The first-order valence-electron chi connectivity index (χ1n) is 7.42. The highest BCUT2D eigenvalue weighted by Gasteiger charge is 2.19. The first kappa shape index (κ1) is 13.6. The second kappa shape index (κ2) is 5.94. The van der Waals surface area contributed by atoms with Crippen molar-refractivity contribution >= 4 is 5.91 Å². The van der Waals surface area contributed by atoms with Crippen LogP contribution in [0.2, 0.25) is 0 Å². The van der Waals surface area contributed by atoms with Crippen molar-refractivity contribution in [2.24, 2.45) is 0 Å². The molecule has 0 unspecified atom stereocenters. The topological polar surface area (TPSA) is 41.6 Å². The number of hydrogen-bond donors (Lipinski definition) is 1. The molecule has 0 spiro atoms. The Balaban J connectivity index is 1.56. The van der Waals surface area contributed by atoms with Crippen LogP contribution in [-0.2, 0) is 17.6 Å². The molecule has 3 rings (SSSR count). The number of nitrogens with zero attached hydrogens (tertiary/aromatic N) is 1. The molecule has 1 aromatic carbocycles. The van der Waals surface area contributed by atoms with Gasteiger partial charge in [0.2, 0.25) is 0 Å². The van der Waals surface area contributed by atoms with E-state index in [0.29, 0.717) is 6.54 Å². The van der Waals surface area contributed by atoms with Gasteiger partial charge in [0.1, 0.15) is 0 Å². The van der Waals surface area contributed by atoms with Gasteiger partial charge in [0.25, 0.3) is 5.91 Å². The van der Waals surface area contributed by atoms with Crippen molar-refractivity contribution in [1.29, 1.82) is 0 Å². The molecule has 1 heterocycles. The zero-order valence-corrected chi connectivity index (χ0v) is 12.0. The van der Waals surface area contributed by atoms with Gasteiger partial charge in [-0.2, -0.15) is 0 Å². The summed E-state index contributed by atoms with van der Waals surface area (Å²) in [6.07, 6.45) is 3.57. The molecule has 2 aliphatic rings. The Kier molecular flexibility index (Phi) is 4.03. The number of hydrogen-bond acceptors (Lipinski definition) is 3. The maximum Gasteiger partial charge on any atom is 0.251 e. The van der Waals surface area contributed by atoms with Crippen molar-refractivity contribution < 1.29 is 9.53 Å². The van der Waals surface area contributed by atoms with Gasteiger partial charge in [-0.25, -0.2) is 0 Å². The quantitative estimate of drug-likeness (QED) is 0.901. The number of carbonyl (C=O) groups excluding carboxylic acids is 1. The number of benzene rings is 1. The van der Waals surface area contributed by atoms with Gasteiger partial charge in [-0.3, -0.25) is 4.79 Å². The van der Waals surface area contributed by atoms with Crippen LogP contribution in [0.4, 0.5) is 0 Å². The molecule has 4 heteroatoms. The van der Waals surface area contributed by atoms with Crippen LogP contribution in [0.25, 0.3) is 0 Å². The smallest absolute Gasteiger partial charge is 0.251 e. The number of aryl methyl sites for hydroxylation is 2. The lowest BCUT2D eigenvalue weighted by Gasteiger charge is -2.30. The highest BCUT2D eigenvalue weighted by atomic mass is 16.5. The minimum atomic E-state index is 0.0107. The molecule has 0 saturated carbocycles. The summed E-state index contributed by atoms with van der Waals surface area (Å²) in [5.74, 6) is 0.0107. The number of nitrogens with one attached hydrogen (secondary N) is 1. The zero-order chi connectivity index (χ0) is 13.9. The standard InChI is InChI=1S/C16H22N2O2/c1-18-7-8-20-15(11-18)10-17-16(19)14-6-5-12-3-2-4-13(12)9-14/h5-6,9,15H,2-4,7-8,10-11H2,1H3,(H,17,19)/t15-/m1/s1. The lowest BCUT2D eigenvalue weighted by atomic mass is 10.1. The Morgan fingerprint density at radius 3 is 3.10 bits per heavy atom. The lowest BCUT2D eigenvalue weighted by Crippen LogP contribution is -2.45. The molecule has 4 nitrogen and oxygen atoms in total. The van der Waals surface area contributed by atoms with Crippen LogP contribution in [0.15, 0.2) is 18.2 Å². The fourth-order valence-electron chi connectivity index (χ4n) is 3.01. The summed E-state index contributed by atoms with van der Waals surface area (Å²) in [5, 5.41) is 2.99. The second-order valence-electron chi connectivity index (χ2n) is 5.80. The van der Waals surface area contributed by atoms with Crippen LogP contribution in [-0.4, -0.2) is 50.2 Å². The van der Waals surface area contributed by atoms with Crippen molar-refractivity contribution in [2.45, 2.75) is 25.4 Å². The van der Waals surface area contributed by atoms with Gasteiger partial charge in [-0.05, 0) is 49.6 Å². The molecular weight excluding hydrogens is 252 g/mol. The molecule has 0 radical (unpaired) electrons. The predicted octanol–water partition coefficient (Wildman–Crippen LogP) is 1.24. The van der Waals surface area contributed by atoms with Gasteiger partial charge in [0, 0.05) is 25.2 Å². The summed E-state index contributed by atoms with van der Waals surface area (Å²) >= 11 is 0. The van der Waals surface area contributed by atoms with Gasteiger partial charge in [0.05, 0.1) is 12.7 Å². The Labute approximate surface area is 120 Å². The number of ether oxygens (including phenoxy) is 1. The highest BCUT2D eigenvalue weighted by molar-refractivity contribution is 5.94. The predicted molar refractivity (Wildman–Crippen MR) is 78.0 cm³/mol. The van der Waals surface area contributed by atoms with Gasteiger partial charge in [-0.1, -0.05) is 6.07 Å². The summed E-state index contributed by atoms with van der Waals surface area (Å²) < 4.78 is 5.65. The SMILES string of the molecule is CN1CCO[C@H](CNC(=O)c2ccc3c(c2)CCC3)C1. The summed E-state index contributed by atoms with van der Waals surface area (Å²) in [6.45, 7) is 3.18. The Hall–Kier alpha value is -1.39. The number of morpholine rings is 1. The summed E-state index contributed by atoms with van der Waals surface area (Å²) in [7, 11) is 2.08. The molecule has 1 saturated heterocycles. The summed E-state index contributed by atoms with van der Waals surface area (Å²) in [5.41, 5.74) is 3.51. The molecule has 1 atom stereocenters. The normalized spacial score (nSPS) is 22.6.